The molecule has 4 nitrogen and oxygen atoms in total. The van der Waals surface area contributed by atoms with Crippen molar-refractivity contribution in [2.24, 2.45) is 0 Å². The first-order chi connectivity index (χ1) is 8.39. The zero-order valence-electron chi connectivity index (χ0n) is 10.9. The van der Waals surface area contributed by atoms with Crippen LogP contribution in [-0.4, -0.2) is 21.6 Å². The van der Waals surface area contributed by atoms with Gasteiger partial charge in [0.15, 0.2) is 0 Å². The summed E-state index contributed by atoms with van der Waals surface area (Å²) in [6.07, 6.45) is 2.42. The maximum Gasteiger partial charge on any atom is 0.323 e. The van der Waals surface area contributed by atoms with Crippen LogP contribution >= 0.6 is 0 Å². The van der Waals surface area contributed by atoms with Crippen molar-refractivity contribution in [2.75, 3.05) is 0 Å². The van der Waals surface area contributed by atoms with Gasteiger partial charge in [-0.1, -0.05) is 13.3 Å². The van der Waals surface area contributed by atoms with E-state index in [0.29, 0.717) is 12.1 Å². The number of carboxylic acid groups (broad SMARTS) is 1. The number of nitrogens with one attached hydrogen (secondary N) is 1. The molecule has 2 N–H and O–H groups in total. The van der Waals surface area contributed by atoms with Gasteiger partial charge in [-0.05, 0) is 32.4 Å². The van der Waals surface area contributed by atoms with Crippen LogP contribution in [0.1, 0.15) is 45.3 Å². The van der Waals surface area contributed by atoms with Crippen LogP contribution in [0.25, 0.3) is 0 Å². The van der Waals surface area contributed by atoms with Crippen LogP contribution in [0.3, 0.4) is 0 Å². The Morgan fingerprint density at radius 3 is 2.72 bits per heavy atom. The second-order valence-electron chi connectivity index (χ2n) is 4.65. The Hall–Kier alpha value is -1.49. The lowest BCUT2D eigenvalue weighted by molar-refractivity contribution is -0.144. The highest BCUT2D eigenvalue weighted by Crippen LogP contribution is 2.19. The molecule has 0 radical (unpaired) electrons. The first-order valence-corrected chi connectivity index (χ1v) is 6.01. The molecule has 0 aliphatic carbocycles. The second-order valence-corrected chi connectivity index (χ2v) is 4.65. The first kappa shape index (κ1) is 14.6. The van der Waals surface area contributed by atoms with E-state index < -0.39 is 17.3 Å². The van der Waals surface area contributed by atoms with Crippen molar-refractivity contribution in [1.29, 1.82) is 0 Å². The molecule has 100 valence electrons. The monoisotopic (exact) mass is 254 g/mol. The maximum absolute atomic E-state index is 12.8. The van der Waals surface area contributed by atoms with E-state index >= 15 is 0 Å². The summed E-state index contributed by atoms with van der Waals surface area (Å²) in [6.45, 7) is 5.40. The molecule has 0 saturated heterocycles. The van der Waals surface area contributed by atoms with E-state index in [1.54, 1.807) is 13.0 Å². The average molecular weight is 254 g/mol. The van der Waals surface area contributed by atoms with Crippen LogP contribution in [0.2, 0.25) is 0 Å². The van der Waals surface area contributed by atoms with Gasteiger partial charge in [-0.15, -0.1) is 0 Å². The highest BCUT2D eigenvalue weighted by Gasteiger charge is 2.33. The Morgan fingerprint density at radius 1 is 1.61 bits per heavy atom. The van der Waals surface area contributed by atoms with Gasteiger partial charge in [0.05, 0.1) is 11.9 Å². The predicted molar refractivity (Wildman–Crippen MR) is 66.7 cm³/mol. The quantitative estimate of drug-likeness (QED) is 0.818. The molecule has 0 bridgehead atoms. The smallest absolute Gasteiger partial charge is 0.323 e. The van der Waals surface area contributed by atoms with Crippen LogP contribution in [0, 0.1) is 5.82 Å². The summed E-state index contributed by atoms with van der Waals surface area (Å²) in [4.78, 5) is 15.2. The van der Waals surface area contributed by atoms with Gasteiger partial charge in [0.1, 0.15) is 11.4 Å². The predicted octanol–water partition coefficient (Wildman–Crippen LogP) is 2.51. The van der Waals surface area contributed by atoms with E-state index in [0.717, 1.165) is 12.6 Å². The minimum absolute atomic E-state index is 0.252. The summed E-state index contributed by atoms with van der Waals surface area (Å²) in [7, 11) is 0. The minimum Gasteiger partial charge on any atom is -0.480 e. The lowest BCUT2D eigenvalue weighted by atomic mass is 9.94. The molecule has 0 fully saturated rings. The van der Waals surface area contributed by atoms with Crippen LogP contribution in [0.15, 0.2) is 18.3 Å². The van der Waals surface area contributed by atoms with E-state index in [2.05, 4.69) is 10.3 Å². The highest BCUT2D eigenvalue weighted by molar-refractivity contribution is 5.78. The molecule has 1 rings (SSSR count). The zero-order valence-corrected chi connectivity index (χ0v) is 10.9. The number of carboxylic acids is 1. The number of aromatic nitrogens is 1. The number of nitrogens with zero attached hydrogens (tertiary/aromatic N) is 1. The molecule has 18 heavy (non-hydrogen) atoms. The largest absolute Gasteiger partial charge is 0.480 e. The molecule has 2 atom stereocenters. The van der Waals surface area contributed by atoms with Crippen LogP contribution in [0.5, 0.6) is 0 Å². The Labute approximate surface area is 106 Å². The normalized spacial score (nSPS) is 16.0. The summed E-state index contributed by atoms with van der Waals surface area (Å²) in [5, 5.41) is 12.3. The van der Waals surface area contributed by atoms with E-state index in [9.17, 15) is 14.3 Å². The van der Waals surface area contributed by atoms with Gasteiger partial charge in [-0.3, -0.25) is 15.1 Å². The molecule has 0 aliphatic heterocycles. The van der Waals surface area contributed by atoms with Crippen LogP contribution < -0.4 is 5.32 Å². The van der Waals surface area contributed by atoms with Crippen molar-refractivity contribution in [1.82, 2.24) is 10.3 Å². The fourth-order valence-electron chi connectivity index (χ4n) is 1.94. The summed E-state index contributed by atoms with van der Waals surface area (Å²) in [6, 6.07) is 2.62. The summed E-state index contributed by atoms with van der Waals surface area (Å²) in [5.41, 5.74) is -0.371. The van der Waals surface area contributed by atoms with Crippen molar-refractivity contribution >= 4 is 5.97 Å². The van der Waals surface area contributed by atoms with E-state index in [1.807, 2.05) is 13.8 Å². The Balaban J connectivity index is 2.81. The number of halogens is 1. The van der Waals surface area contributed by atoms with Gasteiger partial charge in [-0.25, -0.2) is 4.39 Å². The summed E-state index contributed by atoms with van der Waals surface area (Å²) in [5.74, 6) is -1.29. The standard InChI is InChI=1S/C13H19FN2O2/c1-4-7-13(3,12(17)18)16-9(2)11-6-5-10(14)8-15-11/h5-6,8-9,16H,4,7H2,1-3H3,(H,17,18). The van der Waals surface area contributed by atoms with E-state index in [1.165, 1.54) is 6.07 Å². The molecule has 1 heterocycles. The van der Waals surface area contributed by atoms with Crippen LogP contribution in [0.4, 0.5) is 4.39 Å². The molecule has 1 aromatic heterocycles. The molecular weight excluding hydrogens is 235 g/mol. The Morgan fingerprint density at radius 2 is 2.28 bits per heavy atom. The SMILES string of the molecule is CCCC(C)(NC(C)c1ccc(F)cn1)C(=O)O. The van der Waals surface area contributed by atoms with E-state index in [-0.39, 0.29) is 6.04 Å². The van der Waals surface area contributed by atoms with Gasteiger partial charge < -0.3 is 5.11 Å². The molecule has 2 unspecified atom stereocenters. The third kappa shape index (κ3) is 3.50. The topological polar surface area (TPSA) is 62.2 Å². The number of rotatable bonds is 6. The van der Waals surface area contributed by atoms with Crippen molar-refractivity contribution < 1.29 is 14.3 Å². The number of aliphatic carboxylic acids is 1. The van der Waals surface area contributed by atoms with Crippen LogP contribution in [-0.2, 0) is 4.79 Å². The van der Waals surface area contributed by atoms with Crippen molar-refractivity contribution in [3.05, 3.63) is 29.8 Å². The molecule has 0 amide bonds. The summed E-state index contributed by atoms with van der Waals surface area (Å²) < 4.78 is 12.8. The zero-order chi connectivity index (χ0) is 13.8. The maximum atomic E-state index is 12.8. The molecular formula is C13H19FN2O2. The van der Waals surface area contributed by atoms with Crippen molar-refractivity contribution in [3.8, 4) is 0 Å². The third-order valence-corrected chi connectivity index (χ3v) is 2.95. The average Bonchev–Trinajstić information content (AvgIpc) is 2.29. The molecule has 1 aromatic rings. The van der Waals surface area contributed by atoms with Gasteiger partial charge in [0, 0.05) is 6.04 Å². The Bertz CT molecular complexity index is 408. The first-order valence-electron chi connectivity index (χ1n) is 6.01. The number of pyridine rings is 1. The molecule has 0 spiro atoms. The second kappa shape index (κ2) is 5.91. The minimum atomic E-state index is -0.996. The number of hydrogen-bond acceptors (Lipinski definition) is 3. The number of hydrogen-bond donors (Lipinski definition) is 2. The summed E-state index contributed by atoms with van der Waals surface area (Å²) >= 11 is 0. The molecule has 0 saturated carbocycles. The van der Waals surface area contributed by atoms with Gasteiger partial charge in [0.2, 0.25) is 0 Å². The molecule has 0 aromatic carbocycles. The molecule has 5 heteroatoms. The fraction of sp³-hybridized carbons (Fsp3) is 0.538. The lowest BCUT2D eigenvalue weighted by Crippen LogP contribution is -2.50. The Kier molecular flexibility index (Phi) is 4.78. The third-order valence-electron chi connectivity index (χ3n) is 2.95. The molecule has 0 aliphatic rings. The number of carbonyl (C=O) groups is 1. The van der Waals surface area contributed by atoms with Gasteiger partial charge in [0.25, 0.3) is 0 Å². The van der Waals surface area contributed by atoms with E-state index in [4.69, 9.17) is 0 Å². The lowest BCUT2D eigenvalue weighted by Gasteiger charge is -2.29. The van der Waals surface area contributed by atoms with Gasteiger partial charge in [-0.2, -0.15) is 0 Å². The highest BCUT2D eigenvalue weighted by atomic mass is 19.1. The van der Waals surface area contributed by atoms with Crippen molar-refractivity contribution in [2.45, 2.75) is 45.2 Å². The van der Waals surface area contributed by atoms with Gasteiger partial charge >= 0.3 is 5.97 Å². The van der Waals surface area contributed by atoms with Crippen molar-refractivity contribution in [3.63, 3.8) is 0 Å². The fourth-order valence-corrected chi connectivity index (χ4v) is 1.94.